The molecule has 0 radical (unpaired) electrons. The molecule has 122 valence electrons. The largest absolute Gasteiger partial charge is 0.358 e. The van der Waals surface area contributed by atoms with Crippen molar-refractivity contribution in [2.45, 2.75) is 32.6 Å². The van der Waals surface area contributed by atoms with E-state index >= 15 is 0 Å². The molecule has 2 aliphatic rings. The van der Waals surface area contributed by atoms with Crippen molar-refractivity contribution in [3.8, 4) is 0 Å². The fourth-order valence-corrected chi connectivity index (χ4v) is 3.97. The molecular formula is C17H19NO4S. The van der Waals surface area contributed by atoms with E-state index in [4.69, 9.17) is 4.28 Å². The first-order chi connectivity index (χ1) is 10.6. The van der Waals surface area contributed by atoms with E-state index in [1.807, 2.05) is 20.8 Å². The van der Waals surface area contributed by atoms with Crippen LogP contribution in [0.4, 0.5) is 0 Å². The number of rotatable bonds is 3. The molecule has 23 heavy (non-hydrogen) atoms. The number of ketones is 1. The highest BCUT2D eigenvalue weighted by Gasteiger charge is 2.65. The van der Waals surface area contributed by atoms with Crippen LogP contribution >= 0.6 is 0 Å². The van der Waals surface area contributed by atoms with Gasteiger partial charge in [0.25, 0.3) is 0 Å². The zero-order valence-corrected chi connectivity index (χ0v) is 14.3. The van der Waals surface area contributed by atoms with Gasteiger partial charge in [0.1, 0.15) is 4.90 Å². The van der Waals surface area contributed by atoms with Crippen LogP contribution in [0.1, 0.15) is 26.3 Å². The molecule has 0 aromatic heterocycles. The lowest BCUT2D eigenvalue weighted by Crippen LogP contribution is -2.16. The van der Waals surface area contributed by atoms with Gasteiger partial charge in [-0.3, -0.25) is 9.08 Å². The number of carbonyl (C=O) groups excluding carboxylic acids is 1. The number of hydrogen-bond donors (Lipinski definition) is 0. The van der Waals surface area contributed by atoms with Gasteiger partial charge in [-0.05, 0) is 43.0 Å². The predicted molar refractivity (Wildman–Crippen MR) is 86.4 cm³/mol. The summed E-state index contributed by atoms with van der Waals surface area (Å²) in [6, 6.07) is 6.37. The highest BCUT2D eigenvalue weighted by atomic mass is 32.2. The lowest BCUT2D eigenvalue weighted by Gasteiger charge is -2.09. The van der Waals surface area contributed by atoms with Crippen LogP contribution < -0.4 is 0 Å². The molecule has 1 aromatic rings. The Morgan fingerprint density at radius 3 is 2.30 bits per heavy atom. The minimum Gasteiger partial charge on any atom is -0.294 e. The number of nitrogens with zero attached hydrogens (tertiary/aromatic N) is 1. The number of carbonyl (C=O) groups is 1. The van der Waals surface area contributed by atoms with Crippen LogP contribution in [-0.4, -0.2) is 19.9 Å². The summed E-state index contributed by atoms with van der Waals surface area (Å²) in [6.45, 7) is 7.56. The van der Waals surface area contributed by atoms with Gasteiger partial charge < -0.3 is 0 Å². The molecule has 0 spiro atoms. The van der Waals surface area contributed by atoms with E-state index in [0.717, 1.165) is 5.56 Å². The first-order valence-corrected chi connectivity index (χ1v) is 8.86. The first-order valence-electron chi connectivity index (χ1n) is 7.45. The van der Waals surface area contributed by atoms with Crippen LogP contribution in [0.15, 0.2) is 46.0 Å². The fraction of sp³-hybridized carbons (Fsp3) is 0.412. The van der Waals surface area contributed by atoms with Crippen molar-refractivity contribution in [1.29, 1.82) is 0 Å². The molecule has 2 atom stereocenters. The maximum absolute atomic E-state index is 12.2. The Labute approximate surface area is 136 Å². The number of allylic oxidation sites excluding steroid dienone is 2. The molecule has 0 amide bonds. The van der Waals surface area contributed by atoms with Crippen LogP contribution in [0.5, 0.6) is 0 Å². The number of oxime groups is 1. The van der Waals surface area contributed by atoms with Crippen LogP contribution in [0.3, 0.4) is 0 Å². The number of hydrogen-bond acceptors (Lipinski definition) is 5. The second-order valence-electron chi connectivity index (χ2n) is 6.83. The number of Topliss-reactive ketones (excluding diaryl/α,β-unsaturated/α-hetero) is 1. The molecule has 2 aliphatic carbocycles. The maximum atomic E-state index is 12.2. The molecule has 6 heteroatoms. The van der Waals surface area contributed by atoms with Crippen molar-refractivity contribution < 1.29 is 17.5 Å². The molecule has 1 fully saturated rings. The van der Waals surface area contributed by atoms with Crippen molar-refractivity contribution in [2.24, 2.45) is 22.4 Å². The second-order valence-corrected chi connectivity index (χ2v) is 8.35. The summed E-state index contributed by atoms with van der Waals surface area (Å²) in [5, 5.41) is 3.86. The van der Waals surface area contributed by atoms with Crippen molar-refractivity contribution in [3.63, 3.8) is 0 Å². The summed E-state index contributed by atoms with van der Waals surface area (Å²) in [6.07, 6.45) is 1.63. The lowest BCUT2D eigenvalue weighted by atomic mass is 9.98. The van der Waals surface area contributed by atoms with Gasteiger partial charge in [0.2, 0.25) is 0 Å². The quantitative estimate of drug-likeness (QED) is 0.797. The van der Waals surface area contributed by atoms with Crippen LogP contribution in [-0.2, 0) is 19.2 Å². The third-order valence-corrected chi connectivity index (χ3v) is 5.85. The molecule has 0 aliphatic heterocycles. The highest BCUT2D eigenvalue weighted by molar-refractivity contribution is 7.86. The summed E-state index contributed by atoms with van der Waals surface area (Å²) in [4.78, 5) is 12.2. The van der Waals surface area contributed by atoms with E-state index in [-0.39, 0.29) is 27.9 Å². The Balaban J connectivity index is 1.88. The van der Waals surface area contributed by atoms with Crippen molar-refractivity contribution in [2.75, 3.05) is 0 Å². The van der Waals surface area contributed by atoms with Crippen LogP contribution in [0.25, 0.3) is 0 Å². The molecule has 1 aromatic carbocycles. The van der Waals surface area contributed by atoms with Crippen molar-refractivity contribution >= 4 is 21.6 Å². The van der Waals surface area contributed by atoms with Gasteiger partial charge >= 0.3 is 10.1 Å². The van der Waals surface area contributed by atoms with Gasteiger partial charge in [-0.15, -0.1) is 0 Å². The molecule has 0 unspecified atom stereocenters. The monoisotopic (exact) mass is 333 g/mol. The SMILES string of the molecule is CC1=CC(=NOS(=O)(=O)c2ccc(C)cc2)[C@H]2[C@H](C1=O)C2(C)C. The smallest absolute Gasteiger partial charge is 0.294 e. The zero-order valence-electron chi connectivity index (χ0n) is 13.5. The Morgan fingerprint density at radius 2 is 1.70 bits per heavy atom. The Morgan fingerprint density at radius 1 is 1.09 bits per heavy atom. The third kappa shape index (κ3) is 2.61. The Bertz CT molecular complexity index is 832. The van der Waals surface area contributed by atoms with E-state index in [2.05, 4.69) is 5.16 Å². The summed E-state index contributed by atoms with van der Waals surface area (Å²) in [5.41, 5.74) is 1.86. The zero-order chi connectivity index (χ0) is 17.0. The fourth-order valence-electron chi connectivity index (χ4n) is 3.23. The Hall–Kier alpha value is -1.95. The first kappa shape index (κ1) is 15.9. The molecule has 0 bridgehead atoms. The Kier molecular flexibility index (Phi) is 3.48. The molecule has 0 saturated heterocycles. The van der Waals surface area contributed by atoms with Crippen LogP contribution in [0.2, 0.25) is 0 Å². The molecular weight excluding hydrogens is 314 g/mol. The molecule has 5 nitrogen and oxygen atoms in total. The van der Waals surface area contributed by atoms with E-state index in [1.54, 1.807) is 25.1 Å². The minimum absolute atomic E-state index is 0.0617. The predicted octanol–water partition coefficient (Wildman–Crippen LogP) is 2.86. The normalized spacial score (nSPS) is 27.4. The average Bonchev–Trinajstić information content (AvgIpc) is 3.05. The molecule has 0 heterocycles. The minimum atomic E-state index is -3.95. The van der Waals surface area contributed by atoms with Crippen LogP contribution in [0, 0.1) is 24.2 Å². The van der Waals surface area contributed by atoms with Crippen molar-refractivity contribution in [3.05, 3.63) is 41.5 Å². The van der Waals surface area contributed by atoms with E-state index in [0.29, 0.717) is 11.3 Å². The molecule has 1 saturated carbocycles. The summed E-state index contributed by atoms with van der Waals surface area (Å²) < 4.78 is 29.3. The third-order valence-electron chi connectivity index (χ3n) is 4.73. The van der Waals surface area contributed by atoms with E-state index < -0.39 is 10.1 Å². The van der Waals surface area contributed by atoms with E-state index in [9.17, 15) is 13.2 Å². The van der Waals surface area contributed by atoms with Gasteiger partial charge in [0, 0.05) is 11.8 Å². The second kappa shape index (κ2) is 5.03. The number of fused-ring (bicyclic) bond motifs is 1. The van der Waals surface area contributed by atoms with Gasteiger partial charge in [-0.25, -0.2) is 0 Å². The average molecular weight is 333 g/mol. The topological polar surface area (TPSA) is 72.8 Å². The summed E-state index contributed by atoms with van der Waals surface area (Å²) in [5.74, 6) is -0.0933. The molecule has 3 rings (SSSR count). The summed E-state index contributed by atoms with van der Waals surface area (Å²) >= 11 is 0. The van der Waals surface area contributed by atoms with Gasteiger partial charge in [-0.2, -0.15) is 8.42 Å². The highest BCUT2D eigenvalue weighted by Crippen LogP contribution is 2.61. The standard InChI is InChI=1S/C17H19NO4S/c1-10-5-7-12(8-6-10)23(20,21)22-18-13-9-11(2)16(19)15-14(13)17(15,3)4/h5-9,14-15H,1-4H3/t14-,15+/m0/s1. The molecule has 0 N–H and O–H groups in total. The van der Waals surface area contributed by atoms with Crippen molar-refractivity contribution in [1.82, 2.24) is 0 Å². The van der Waals surface area contributed by atoms with E-state index in [1.165, 1.54) is 12.1 Å². The maximum Gasteiger partial charge on any atom is 0.358 e. The number of aryl methyl sites for hydroxylation is 1. The van der Waals surface area contributed by atoms with Gasteiger partial charge in [-0.1, -0.05) is 36.7 Å². The lowest BCUT2D eigenvalue weighted by molar-refractivity contribution is -0.117. The summed E-state index contributed by atoms with van der Waals surface area (Å²) in [7, 11) is -3.95. The van der Waals surface area contributed by atoms with Gasteiger partial charge in [0.05, 0.1) is 5.71 Å². The van der Waals surface area contributed by atoms with Gasteiger partial charge in [0.15, 0.2) is 5.78 Å². The number of benzene rings is 1.